The molecule has 1 aliphatic heterocycles. The standard InChI is InChI=1S/C13H16F4N2.2ClH/c1-9-10(3-2-4-11(9)14)12(13(15,16)17)19-7-5-18-6-8-19;;/h2-4,12,18H,5-8H2,1H3;2*1H/t12-;;/m1../s1. The van der Waals surface area contributed by atoms with E-state index in [-0.39, 0.29) is 35.9 Å². The van der Waals surface area contributed by atoms with Gasteiger partial charge in [0.15, 0.2) is 0 Å². The average Bonchev–Trinajstić information content (AvgIpc) is 2.35. The smallest absolute Gasteiger partial charge is 0.314 e. The molecule has 0 amide bonds. The first-order valence-corrected chi connectivity index (χ1v) is 6.18. The van der Waals surface area contributed by atoms with E-state index < -0.39 is 18.0 Å². The number of benzene rings is 1. The molecule has 1 aliphatic rings. The van der Waals surface area contributed by atoms with Gasteiger partial charge in [-0.1, -0.05) is 12.1 Å². The molecule has 2 nitrogen and oxygen atoms in total. The molecule has 1 N–H and O–H groups in total. The number of halogens is 6. The summed E-state index contributed by atoms with van der Waals surface area (Å²) in [7, 11) is 0. The van der Waals surface area contributed by atoms with Gasteiger partial charge in [-0.15, -0.1) is 24.8 Å². The molecule has 1 heterocycles. The molecule has 2 rings (SSSR count). The summed E-state index contributed by atoms with van der Waals surface area (Å²) in [4.78, 5) is 1.36. The second-order valence-corrected chi connectivity index (χ2v) is 4.68. The summed E-state index contributed by atoms with van der Waals surface area (Å²) in [6.07, 6.45) is -4.41. The van der Waals surface area contributed by atoms with Gasteiger partial charge in [0.1, 0.15) is 11.9 Å². The average molecular weight is 349 g/mol. The Kier molecular flexibility index (Phi) is 7.95. The van der Waals surface area contributed by atoms with Crippen LogP contribution in [0.4, 0.5) is 17.6 Å². The van der Waals surface area contributed by atoms with Crippen molar-refractivity contribution in [1.82, 2.24) is 10.2 Å². The largest absolute Gasteiger partial charge is 0.408 e. The van der Waals surface area contributed by atoms with Crippen molar-refractivity contribution in [3.63, 3.8) is 0 Å². The Morgan fingerprint density at radius 1 is 1.14 bits per heavy atom. The van der Waals surface area contributed by atoms with Crippen LogP contribution in [-0.4, -0.2) is 37.3 Å². The fourth-order valence-corrected chi connectivity index (χ4v) is 2.44. The third-order valence-corrected chi connectivity index (χ3v) is 3.43. The highest BCUT2D eigenvalue weighted by molar-refractivity contribution is 5.85. The summed E-state index contributed by atoms with van der Waals surface area (Å²) in [5.74, 6) is -0.595. The Hall–Kier alpha value is -0.560. The van der Waals surface area contributed by atoms with Crippen molar-refractivity contribution in [2.24, 2.45) is 0 Å². The van der Waals surface area contributed by atoms with Gasteiger partial charge in [0.2, 0.25) is 0 Å². The molecule has 0 radical (unpaired) electrons. The molecule has 122 valence electrons. The number of piperazine rings is 1. The minimum atomic E-state index is -4.41. The highest BCUT2D eigenvalue weighted by Gasteiger charge is 2.45. The van der Waals surface area contributed by atoms with Gasteiger partial charge in [0.05, 0.1) is 0 Å². The minimum absolute atomic E-state index is 0. The topological polar surface area (TPSA) is 15.3 Å². The van der Waals surface area contributed by atoms with Crippen molar-refractivity contribution >= 4 is 24.8 Å². The Labute approximate surface area is 133 Å². The van der Waals surface area contributed by atoms with Crippen molar-refractivity contribution < 1.29 is 17.6 Å². The van der Waals surface area contributed by atoms with Crippen LogP contribution in [0.5, 0.6) is 0 Å². The molecule has 21 heavy (non-hydrogen) atoms. The normalized spacial score (nSPS) is 17.6. The first kappa shape index (κ1) is 20.4. The van der Waals surface area contributed by atoms with Crippen molar-refractivity contribution in [1.29, 1.82) is 0 Å². The molecular weight excluding hydrogens is 331 g/mol. The van der Waals surface area contributed by atoms with Crippen molar-refractivity contribution in [2.75, 3.05) is 26.2 Å². The number of hydrogen-bond donors (Lipinski definition) is 1. The fourth-order valence-electron chi connectivity index (χ4n) is 2.44. The van der Waals surface area contributed by atoms with Crippen LogP contribution in [-0.2, 0) is 0 Å². The molecule has 8 heteroatoms. The van der Waals surface area contributed by atoms with E-state index in [0.29, 0.717) is 26.2 Å². The number of nitrogens with one attached hydrogen (secondary N) is 1. The molecular formula is C13H18Cl2F4N2. The molecule has 1 saturated heterocycles. The van der Waals surface area contributed by atoms with E-state index in [0.717, 1.165) is 0 Å². The molecule has 1 aromatic carbocycles. The summed E-state index contributed by atoms with van der Waals surface area (Å²) in [6, 6.07) is 2.15. The first-order valence-electron chi connectivity index (χ1n) is 6.18. The second kappa shape index (κ2) is 8.17. The fraction of sp³-hybridized carbons (Fsp3) is 0.538. The van der Waals surface area contributed by atoms with Crippen LogP contribution >= 0.6 is 24.8 Å². The minimum Gasteiger partial charge on any atom is -0.314 e. The summed E-state index contributed by atoms with van der Waals surface area (Å²) in [5, 5.41) is 3.02. The van der Waals surface area contributed by atoms with Crippen molar-refractivity contribution in [3.05, 3.63) is 35.1 Å². The van der Waals surface area contributed by atoms with E-state index in [4.69, 9.17) is 0 Å². The third-order valence-electron chi connectivity index (χ3n) is 3.43. The van der Waals surface area contributed by atoms with E-state index >= 15 is 0 Å². The van der Waals surface area contributed by atoms with Crippen LogP contribution in [0, 0.1) is 12.7 Å². The lowest BCUT2D eigenvalue weighted by atomic mass is 9.98. The Morgan fingerprint density at radius 3 is 2.24 bits per heavy atom. The first-order chi connectivity index (χ1) is 8.91. The van der Waals surface area contributed by atoms with Crippen molar-refractivity contribution in [2.45, 2.75) is 19.1 Å². The van der Waals surface area contributed by atoms with Gasteiger partial charge < -0.3 is 5.32 Å². The Morgan fingerprint density at radius 2 is 1.71 bits per heavy atom. The van der Waals surface area contributed by atoms with Gasteiger partial charge in [-0.25, -0.2) is 4.39 Å². The maximum atomic E-state index is 13.5. The maximum Gasteiger partial charge on any atom is 0.408 e. The van der Waals surface area contributed by atoms with Gasteiger partial charge in [0.25, 0.3) is 0 Å². The molecule has 1 fully saturated rings. The Bertz CT molecular complexity index is 448. The van der Waals surface area contributed by atoms with E-state index in [1.165, 1.54) is 30.0 Å². The number of nitrogens with zero attached hydrogens (tertiary/aromatic N) is 1. The van der Waals surface area contributed by atoms with Crippen LogP contribution in [0.1, 0.15) is 17.2 Å². The summed E-state index contributed by atoms with van der Waals surface area (Å²) in [6.45, 7) is 3.04. The van der Waals surface area contributed by atoms with Crippen molar-refractivity contribution in [3.8, 4) is 0 Å². The molecule has 1 atom stereocenters. The molecule has 0 saturated carbocycles. The quantitative estimate of drug-likeness (QED) is 0.823. The van der Waals surface area contributed by atoms with E-state index in [2.05, 4.69) is 5.32 Å². The number of hydrogen-bond acceptors (Lipinski definition) is 2. The van der Waals surface area contributed by atoms with E-state index in [1.54, 1.807) is 0 Å². The van der Waals surface area contributed by atoms with Crippen LogP contribution in [0.15, 0.2) is 18.2 Å². The lowest BCUT2D eigenvalue weighted by molar-refractivity contribution is -0.188. The predicted molar refractivity (Wildman–Crippen MR) is 78.9 cm³/mol. The van der Waals surface area contributed by atoms with Crippen LogP contribution in [0.25, 0.3) is 0 Å². The van der Waals surface area contributed by atoms with E-state index in [9.17, 15) is 17.6 Å². The second-order valence-electron chi connectivity index (χ2n) is 4.68. The highest BCUT2D eigenvalue weighted by Crippen LogP contribution is 2.39. The zero-order chi connectivity index (χ0) is 14.0. The van der Waals surface area contributed by atoms with Gasteiger partial charge in [0, 0.05) is 26.2 Å². The molecule has 0 spiro atoms. The van der Waals surface area contributed by atoms with Gasteiger partial charge in [-0.3, -0.25) is 4.90 Å². The predicted octanol–water partition coefficient (Wildman–Crippen LogP) is 3.49. The maximum absolute atomic E-state index is 13.5. The number of rotatable bonds is 2. The SMILES string of the molecule is Cc1c(F)cccc1[C@@H](N1CCNCC1)C(F)(F)F.Cl.Cl. The lowest BCUT2D eigenvalue weighted by Gasteiger charge is -2.36. The molecule has 0 unspecified atom stereocenters. The summed E-state index contributed by atoms with van der Waals surface area (Å²) in [5.41, 5.74) is 0.0813. The molecule has 1 aromatic rings. The third kappa shape index (κ3) is 4.71. The molecule has 0 aliphatic carbocycles. The zero-order valence-electron chi connectivity index (χ0n) is 11.4. The highest BCUT2D eigenvalue weighted by atomic mass is 35.5. The summed E-state index contributed by atoms with van der Waals surface area (Å²) >= 11 is 0. The van der Waals surface area contributed by atoms with Gasteiger partial charge >= 0.3 is 6.18 Å². The Balaban J connectivity index is 0.00000200. The zero-order valence-corrected chi connectivity index (χ0v) is 13.0. The molecule has 0 aromatic heterocycles. The van der Waals surface area contributed by atoms with Crippen LogP contribution in [0.3, 0.4) is 0 Å². The van der Waals surface area contributed by atoms with Gasteiger partial charge in [-0.2, -0.15) is 13.2 Å². The lowest BCUT2D eigenvalue weighted by Crippen LogP contribution is -2.49. The summed E-state index contributed by atoms with van der Waals surface area (Å²) < 4.78 is 53.4. The molecule has 0 bridgehead atoms. The monoisotopic (exact) mass is 348 g/mol. The van der Waals surface area contributed by atoms with Crippen LogP contribution < -0.4 is 5.32 Å². The van der Waals surface area contributed by atoms with E-state index in [1.807, 2.05) is 0 Å². The van der Waals surface area contributed by atoms with Gasteiger partial charge in [-0.05, 0) is 24.1 Å². The number of alkyl halides is 3. The van der Waals surface area contributed by atoms with Crippen LogP contribution in [0.2, 0.25) is 0 Å².